The van der Waals surface area contributed by atoms with Crippen LogP contribution >= 0.6 is 22.7 Å². The first-order chi connectivity index (χ1) is 44.8. The smallest absolute Gasteiger partial charge is 0.303 e. The minimum absolute atomic E-state index is 0.0225. The molecule has 10 rings (SSSR count). The van der Waals surface area contributed by atoms with Crippen molar-refractivity contribution in [3.8, 4) is 0 Å². The van der Waals surface area contributed by atoms with Gasteiger partial charge in [0.25, 0.3) is 23.6 Å². The lowest BCUT2D eigenvalue weighted by atomic mass is 10.0. The number of imidazole rings is 2. The number of likely N-dealkylation sites (tertiary alicyclic amines) is 2. The Morgan fingerprint density at radius 1 is 0.511 bits per heavy atom. The third kappa shape index (κ3) is 16.8. The number of carbonyl (C=O) groups is 8. The van der Waals surface area contributed by atoms with E-state index < -0.39 is 71.9 Å². The average Bonchev–Trinajstić information content (AvgIpc) is 1.55. The lowest BCUT2D eigenvalue weighted by Crippen LogP contribution is -2.53. The molecule has 0 spiro atoms. The number of ether oxygens (including phenoxy) is 4. The number of fused-ring (bicyclic) bond motifs is 2. The number of hydrogen-bond acceptors (Lipinski definition) is 20. The molecule has 2 saturated heterocycles. The Kier molecular flexibility index (Phi) is 22.3. The monoisotopic (exact) mass is 1320 g/mol. The zero-order valence-electron chi connectivity index (χ0n) is 55.0. The second kappa shape index (κ2) is 30.5. The van der Waals surface area contributed by atoms with E-state index in [0.29, 0.717) is 49.0 Å². The van der Waals surface area contributed by atoms with Crippen LogP contribution in [0.15, 0.2) is 95.7 Å². The average molecular weight is 1320 g/mol. The number of hydrogen-bond donors (Lipinski definition) is 2. The first-order valence-corrected chi connectivity index (χ1v) is 32.7. The van der Waals surface area contributed by atoms with Crippen LogP contribution in [0.1, 0.15) is 121 Å². The summed E-state index contributed by atoms with van der Waals surface area (Å²) in [7, 11) is 7.74. The number of thiazole rings is 2. The fourth-order valence-corrected chi connectivity index (χ4v) is 13.2. The highest BCUT2D eigenvalue weighted by molar-refractivity contribution is 7.09. The first-order valence-electron chi connectivity index (χ1n) is 31.0. The summed E-state index contributed by atoms with van der Waals surface area (Å²) in [6, 6.07) is 27.3. The van der Waals surface area contributed by atoms with E-state index in [1.165, 1.54) is 22.7 Å². The standard InChI is InChI=1S/2C34H40N6O6S/c1-20-12-13-29-27(15-20)36-21(2)40(29)18-25-19-47-30(37-25)17-35-33(43)31(45-22(3)41)32(46-23(4)42)34(44)39-14-8-11-28(39)24-9-7-10-26(16-24)38(5)6;1-20-12-13-27-29(15-20)40(21(2)36-27)18-25-19-47-30(37-25)17-35-33(43)31(45-22(3)41)32(46-23(4)42)34(44)39-14-8-11-28(39)24-9-7-10-26(16-24)38(5)6/h2*7,9-10,12-13,15-16,19,28,31-32H,8,11,14,17-18H2,1-6H3,(H,35,43)/t2*28?,31-,32-/m11/s1. The Balaban J connectivity index is 0.000000221. The van der Waals surface area contributed by atoms with Crippen molar-refractivity contribution in [2.75, 3.05) is 51.1 Å². The van der Waals surface area contributed by atoms with E-state index in [4.69, 9.17) is 18.9 Å². The van der Waals surface area contributed by atoms with E-state index in [1.54, 1.807) is 9.80 Å². The number of anilines is 2. The molecule has 8 aromatic rings. The highest BCUT2D eigenvalue weighted by atomic mass is 32.1. The second-order valence-corrected chi connectivity index (χ2v) is 25.7. The van der Waals surface area contributed by atoms with Crippen LogP contribution in [0.3, 0.4) is 0 Å². The molecule has 0 saturated carbocycles. The minimum Gasteiger partial charge on any atom is -0.448 e. The number of aromatic nitrogens is 6. The van der Waals surface area contributed by atoms with Gasteiger partial charge in [-0.2, -0.15) is 0 Å². The second-order valence-electron chi connectivity index (χ2n) is 23.9. The van der Waals surface area contributed by atoms with Gasteiger partial charge in [-0.05, 0) is 124 Å². The van der Waals surface area contributed by atoms with Crippen molar-refractivity contribution in [1.82, 2.24) is 49.5 Å². The van der Waals surface area contributed by atoms with Gasteiger partial charge in [0.05, 0.1) is 71.7 Å². The highest BCUT2D eigenvalue weighted by Gasteiger charge is 2.46. The SMILES string of the molecule is CC(=O)O[C@@H](C(=O)NCc1nc(Cn2c(C)nc3cc(C)ccc32)cs1)[C@@H](OC(C)=O)C(=O)N1CCCC1c1cccc(N(C)C)c1.CC(=O)O[C@@H](C(=O)NCc1nc(Cn2c(C)nc3ccc(C)cc32)cs1)[C@@H](OC(C)=O)C(=O)N1CCCC1c1cccc(N(C)C)c1. The van der Waals surface area contributed by atoms with Gasteiger partial charge in [0.2, 0.25) is 24.4 Å². The molecule has 2 aliphatic heterocycles. The Bertz CT molecular complexity index is 4120. The van der Waals surface area contributed by atoms with Crippen molar-refractivity contribution in [3.63, 3.8) is 0 Å². The van der Waals surface area contributed by atoms with E-state index in [0.717, 1.165) is 119 Å². The maximum atomic E-state index is 14.0. The van der Waals surface area contributed by atoms with Crippen LogP contribution in [-0.4, -0.2) is 152 Å². The van der Waals surface area contributed by atoms with Crippen LogP contribution in [0, 0.1) is 27.7 Å². The summed E-state index contributed by atoms with van der Waals surface area (Å²) >= 11 is 2.74. The number of benzene rings is 4. The normalized spacial score (nSPS) is 15.7. The maximum Gasteiger partial charge on any atom is 0.303 e. The summed E-state index contributed by atoms with van der Waals surface area (Å²) in [5.41, 5.74) is 11.5. The van der Waals surface area contributed by atoms with Crippen molar-refractivity contribution in [2.45, 2.75) is 144 Å². The number of esters is 4. The van der Waals surface area contributed by atoms with Crippen LogP contribution in [0.5, 0.6) is 0 Å². The fourth-order valence-electron chi connectivity index (χ4n) is 11.8. The Morgan fingerprint density at radius 3 is 1.37 bits per heavy atom. The van der Waals surface area contributed by atoms with Gasteiger partial charge < -0.3 is 58.3 Å². The number of nitrogens with zero attached hydrogens (tertiary/aromatic N) is 10. The van der Waals surface area contributed by atoms with Crippen molar-refractivity contribution >= 4 is 104 Å². The Morgan fingerprint density at radius 2 is 0.926 bits per heavy atom. The third-order valence-electron chi connectivity index (χ3n) is 16.2. The molecule has 94 heavy (non-hydrogen) atoms. The van der Waals surface area contributed by atoms with Crippen LogP contribution in [0.4, 0.5) is 11.4 Å². The molecule has 0 bridgehead atoms. The number of aryl methyl sites for hydroxylation is 4. The van der Waals surface area contributed by atoms with Crippen molar-refractivity contribution < 1.29 is 57.3 Å². The number of rotatable bonds is 22. The van der Waals surface area contributed by atoms with Crippen LogP contribution in [0.25, 0.3) is 22.1 Å². The third-order valence-corrected chi connectivity index (χ3v) is 18.0. The largest absolute Gasteiger partial charge is 0.448 e. The zero-order valence-corrected chi connectivity index (χ0v) is 56.6. The molecule has 6 atom stereocenters. The lowest BCUT2D eigenvalue weighted by molar-refractivity contribution is -0.178. The summed E-state index contributed by atoms with van der Waals surface area (Å²) in [5, 5.41) is 10.5. The topological polar surface area (TPSA) is 272 Å². The summed E-state index contributed by atoms with van der Waals surface area (Å²) < 4.78 is 25.8. The van der Waals surface area contributed by atoms with Crippen molar-refractivity contribution in [1.29, 1.82) is 0 Å². The quantitative estimate of drug-likeness (QED) is 0.0478. The molecule has 2 N–H and O–H groups in total. The van der Waals surface area contributed by atoms with E-state index in [2.05, 4.69) is 45.8 Å². The van der Waals surface area contributed by atoms with Crippen LogP contribution in [-0.2, 0) is 83.5 Å². The summed E-state index contributed by atoms with van der Waals surface area (Å²) in [4.78, 5) is 130. The predicted molar refractivity (Wildman–Crippen MR) is 356 cm³/mol. The predicted octanol–water partition coefficient (Wildman–Crippen LogP) is 8.13. The molecule has 4 aromatic heterocycles. The van der Waals surface area contributed by atoms with Crippen LogP contribution < -0.4 is 20.4 Å². The Labute approximate surface area is 553 Å². The van der Waals surface area contributed by atoms with Gasteiger partial charge in [-0.15, -0.1) is 22.7 Å². The van der Waals surface area contributed by atoms with E-state index >= 15 is 0 Å². The van der Waals surface area contributed by atoms with Gasteiger partial charge >= 0.3 is 23.9 Å². The van der Waals surface area contributed by atoms with E-state index in [-0.39, 0.29) is 25.2 Å². The lowest BCUT2D eigenvalue weighted by Gasteiger charge is -2.32. The molecule has 4 amide bonds. The summed E-state index contributed by atoms with van der Waals surface area (Å²) in [6.07, 6.45) is -3.88. The molecule has 6 heterocycles. The highest BCUT2D eigenvalue weighted by Crippen LogP contribution is 2.37. The number of carbonyl (C=O) groups excluding carboxylic acids is 8. The summed E-state index contributed by atoms with van der Waals surface area (Å²) in [5.74, 6) is -4.15. The molecule has 2 fully saturated rings. The molecule has 496 valence electrons. The molecule has 0 aliphatic carbocycles. The van der Waals surface area contributed by atoms with Gasteiger partial charge in [0, 0.05) is 91.1 Å². The van der Waals surface area contributed by atoms with Gasteiger partial charge in [0.15, 0.2) is 0 Å². The molecule has 0 radical (unpaired) electrons. The molecule has 4 aromatic carbocycles. The van der Waals surface area contributed by atoms with Crippen LogP contribution in [0.2, 0.25) is 0 Å². The van der Waals surface area contributed by atoms with Crippen molar-refractivity contribution in [2.24, 2.45) is 0 Å². The molecular weight excluding hydrogens is 1240 g/mol. The van der Waals surface area contributed by atoms with Gasteiger partial charge in [-0.25, -0.2) is 19.9 Å². The van der Waals surface area contributed by atoms with E-state index in [1.807, 2.05) is 155 Å². The zero-order chi connectivity index (χ0) is 67.7. The molecule has 2 unspecified atom stereocenters. The number of nitrogens with one attached hydrogen (secondary N) is 2. The van der Waals surface area contributed by atoms with Gasteiger partial charge in [-0.1, -0.05) is 36.4 Å². The van der Waals surface area contributed by atoms with Gasteiger partial charge in [0.1, 0.15) is 21.7 Å². The maximum absolute atomic E-state index is 14.0. The Hall–Kier alpha value is -9.56. The molecule has 2 aliphatic rings. The molecule has 26 heteroatoms. The van der Waals surface area contributed by atoms with E-state index in [9.17, 15) is 38.4 Å². The molecular formula is C68H80N12O12S2. The van der Waals surface area contributed by atoms with Gasteiger partial charge in [-0.3, -0.25) is 38.4 Å². The van der Waals surface area contributed by atoms with Crippen molar-refractivity contribution in [3.05, 3.63) is 151 Å². The first kappa shape index (κ1) is 68.8. The number of amides is 4. The summed E-state index contributed by atoms with van der Waals surface area (Å²) in [6.45, 7) is 14.4. The fraction of sp³-hybridized carbons (Fsp3) is 0.412. The molecule has 24 nitrogen and oxygen atoms in total. The minimum atomic E-state index is -1.69.